The molecule has 0 saturated heterocycles. The molecule has 1 atom stereocenters. The van der Waals surface area contributed by atoms with E-state index in [2.05, 4.69) is 5.32 Å². The first-order chi connectivity index (χ1) is 13.1. The van der Waals surface area contributed by atoms with Crippen LogP contribution in [-0.4, -0.2) is 31.6 Å². The van der Waals surface area contributed by atoms with Crippen LogP contribution in [0.4, 0.5) is 19.3 Å². The molecule has 0 aliphatic carbocycles. The van der Waals surface area contributed by atoms with Crippen molar-refractivity contribution < 1.29 is 26.2 Å². The van der Waals surface area contributed by atoms with Crippen LogP contribution in [0.5, 0.6) is 5.75 Å². The van der Waals surface area contributed by atoms with Crippen LogP contribution < -0.4 is 9.50 Å². The fourth-order valence-electron chi connectivity index (χ4n) is 2.45. The standard InChI is InChI=1S/C19H22F2N2O4S/c1-4-13(2)23(19(24)22-18-10-7-15(20)11-17(18)21)12-14-5-8-16(9-6-14)27-28(3,25)26/h5-11,13H,4,12H2,1-3H3,(H,22,24)/t13-/m0/s1. The first-order valence-corrected chi connectivity index (χ1v) is 10.4. The van der Waals surface area contributed by atoms with Crippen LogP contribution in [0.25, 0.3) is 0 Å². The summed E-state index contributed by atoms with van der Waals surface area (Å²) in [6.45, 7) is 3.97. The number of halogens is 2. The Labute approximate surface area is 163 Å². The highest BCUT2D eigenvalue weighted by atomic mass is 32.2. The Hall–Kier alpha value is -2.68. The van der Waals surface area contributed by atoms with Gasteiger partial charge in [0, 0.05) is 18.7 Å². The van der Waals surface area contributed by atoms with Crippen molar-refractivity contribution in [2.24, 2.45) is 0 Å². The maximum Gasteiger partial charge on any atom is 0.322 e. The van der Waals surface area contributed by atoms with E-state index >= 15 is 0 Å². The van der Waals surface area contributed by atoms with E-state index in [9.17, 15) is 22.0 Å². The quantitative estimate of drug-likeness (QED) is 0.694. The molecule has 9 heteroatoms. The van der Waals surface area contributed by atoms with Crippen LogP contribution in [0.2, 0.25) is 0 Å². The SMILES string of the molecule is CC[C@H](C)N(Cc1ccc(OS(C)(=O)=O)cc1)C(=O)Nc1ccc(F)cc1F. The van der Waals surface area contributed by atoms with Crippen LogP contribution in [-0.2, 0) is 16.7 Å². The lowest BCUT2D eigenvalue weighted by atomic mass is 10.1. The fourth-order valence-corrected chi connectivity index (χ4v) is 2.91. The molecule has 0 aliphatic rings. The van der Waals surface area contributed by atoms with Gasteiger partial charge in [-0.1, -0.05) is 19.1 Å². The Morgan fingerprint density at radius 2 is 1.82 bits per heavy atom. The summed E-state index contributed by atoms with van der Waals surface area (Å²) < 4.78 is 54.0. The second-order valence-electron chi connectivity index (χ2n) is 6.37. The zero-order valence-corrected chi connectivity index (χ0v) is 16.6. The average Bonchev–Trinajstić information content (AvgIpc) is 2.61. The monoisotopic (exact) mass is 412 g/mol. The molecule has 0 saturated carbocycles. The van der Waals surface area contributed by atoms with Gasteiger partial charge in [-0.2, -0.15) is 8.42 Å². The molecular formula is C19H22F2N2O4S. The minimum atomic E-state index is -3.62. The van der Waals surface area contributed by atoms with Gasteiger partial charge in [0.25, 0.3) is 0 Å². The highest BCUT2D eigenvalue weighted by Crippen LogP contribution is 2.20. The predicted molar refractivity (Wildman–Crippen MR) is 103 cm³/mol. The summed E-state index contributed by atoms with van der Waals surface area (Å²) in [5.74, 6) is -1.43. The summed E-state index contributed by atoms with van der Waals surface area (Å²) in [5.41, 5.74) is 0.618. The summed E-state index contributed by atoms with van der Waals surface area (Å²) in [7, 11) is -3.62. The minimum Gasteiger partial charge on any atom is -0.383 e. The van der Waals surface area contributed by atoms with Gasteiger partial charge in [-0.15, -0.1) is 0 Å². The highest BCUT2D eigenvalue weighted by molar-refractivity contribution is 7.86. The van der Waals surface area contributed by atoms with E-state index in [4.69, 9.17) is 4.18 Å². The van der Waals surface area contributed by atoms with E-state index in [0.29, 0.717) is 12.5 Å². The van der Waals surface area contributed by atoms with Crippen molar-refractivity contribution >= 4 is 21.8 Å². The molecule has 0 aromatic heterocycles. The molecule has 1 N–H and O–H groups in total. The fraction of sp³-hybridized carbons (Fsp3) is 0.316. The van der Waals surface area contributed by atoms with Crippen LogP contribution >= 0.6 is 0 Å². The lowest BCUT2D eigenvalue weighted by Gasteiger charge is -2.29. The molecule has 28 heavy (non-hydrogen) atoms. The summed E-state index contributed by atoms with van der Waals surface area (Å²) in [4.78, 5) is 14.2. The van der Waals surface area contributed by atoms with Gasteiger partial charge in [0.2, 0.25) is 0 Å². The van der Waals surface area contributed by atoms with Crippen LogP contribution in [0.1, 0.15) is 25.8 Å². The maximum atomic E-state index is 13.8. The summed E-state index contributed by atoms with van der Waals surface area (Å²) in [5, 5.41) is 2.46. The number of urea groups is 1. The zero-order valence-electron chi connectivity index (χ0n) is 15.8. The van der Waals surface area contributed by atoms with Crippen molar-refractivity contribution in [1.29, 1.82) is 0 Å². The van der Waals surface area contributed by atoms with Gasteiger partial charge in [0.15, 0.2) is 0 Å². The molecule has 2 aromatic rings. The van der Waals surface area contributed by atoms with Gasteiger partial charge >= 0.3 is 16.1 Å². The van der Waals surface area contributed by atoms with Gasteiger partial charge in [0.1, 0.15) is 17.4 Å². The van der Waals surface area contributed by atoms with Crippen LogP contribution in [0.3, 0.4) is 0 Å². The van der Waals surface area contributed by atoms with E-state index < -0.39 is 27.8 Å². The number of nitrogens with zero attached hydrogens (tertiary/aromatic N) is 1. The summed E-state index contributed by atoms with van der Waals surface area (Å²) in [6.07, 6.45) is 1.61. The van der Waals surface area contributed by atoms with E-state index in [1.54, 1.807) is 12.1 Å². The van der Waals surface area contributed by atoms with Crippen molar-refractivity contribution in [1.82, 2.24) is 4.90 Å². The third-order valence-electron chi connectivity index (χ3n) is 4.08. The lowest BCUT2D eigenvalue weighted by molar-refractivity contribution is 0.187. The van der Waals surface area contributed by atoms with Gasteiger partial charge in [-0.3, -0.25) is 0 Å². The number of nitrogens with one attached hydrogen (secondary N) is 1. The molecule has 0 fully saturated rings. The maximum absolute atomic E-state index is 13.8. The number of hydrogen-bond donors (Lipinski definition) is 1. The second kappa shape index (κ2) is 9.01. The molecule has 6 nitrogen and oxygen atoms in total. The van der Waals surface area contributed by atoms with Crippen LogP contribution in [0.15, 0.2) is 42.5 Å². The van der Waals surface area contributed by atoms with Crippen molar-refractivity contribution in [2.75, 3.05) is 11.6 Å². The van der Waals surface area contributed by atoms with Crippen molar-refractivity contribution in [2.45, 2.75) is 32.9 Å². The third-order valence-corrected chi connectivity index (χ3v) is 4.58. The topological polar surface area (TPSA) is 75.7 Å². The molecule has 0 aliphatic heterocycles. The Morgan fingerprint density at radius 1 is 1.18 bits per heavy atom. The Bertz CT molecular complexity index is 933. The van der Waals surface area contributed by atoms with E-state index in [0.717, 1.165) is 24.0 Å². The number of hydrogen-bond acceptors (Lipinski definition) is 4. The smallest absolute Gasteiger partial charge is 0.322 e. The van der Waals surface area contributed by atoms with E-state index in [1.165, 1.54) is 17.0 Å². The zero-order chi connectivity index (χ0) is 20.9. The number of anilines is 1. The molecule has 152 valence electrons. The Kier molecular flexibility index (Phi) is 6.95. The van der Waals surface area contributed by atoms with Gasteiger partial charge in [-0.25, -0.2) is 13.6 Å². The minimum absolute atomic E-state index is 0.114. The molecule has 2 aromatic carbocycles. The third kappa shape index (κ3) is 6.19. The number of rotatable bonds is 7. The second-order valence-corrected chi connectivity index (χ2v) is 7.95. The average molecular weight is 412 g/mol. The van der Waals surface area contributed by atoms with Gasteiger partial charge < -0.3 is 14.4 Å². The summed E-state index contributed by atoms with van der Waals surface area (Å²) in [6, 6.07) is 8.49. The molecule has 0 unspecified atom stereocenters. The number of carbonyl (C=O) groups excluding carboxylic acids is 1. The van der Waals surface area contributed by atoms with Gasteiger partial charge in [-0.05, 0) is 43.2 Å². The largest absolute Gasteiger partial charge is 0.383 e. The number of carbonyl (C=O) groups is 1. The Balaban J connectivity index is 2.15. The molecule has 0 radical (unpaired) electrons. The van der Waals surface area contributed by atoms with Gasteiger partial charge in [0.05, 0.1) is 11.9 Å². The first-order valence-electron chi connectivity index (χ1n) is 8.60. The number of amides is 2. The molecule has 2 amide bonds. The normalized spacial score (nSPS) is 12.3. The van der Waals surface area contributed by atoms with Crippen LogP contribution in [0, 0.1) is 11.6 Å². The van der Waals surface area contributed by atoms with E-state index in [1.807, 2.05) is 13.8 Å². The highest BCUT2D eigenvalue weighted by Gasteiger charge is 2.21. The van der Waals surface area contributed by atoms with Crippen molar-refractivity contribution in [3.8, 4) is 5.75 Å². The lowest BCUT2D eigenvalue weighted by Crippen LogP contribution is -2.40. The van der Waals surface area contributed by atoms with E-state index in [-0.39, 0.29) is 24.0 Å². The molecular weight excluding hydrogens is 390 g/mol. The van der Waals surface area contributed by atoms with Crippen molar-refractivity contribution in [3.05, 3.63) is 59.7 Å². The number of benzene rings is 2. The summed E-state index contributed by atoms with van der Waals surface area (Å²) >= 11 is 0. The molecule has 0 spiro atoms. The molecule has 0 heterocycles. The first kappa shape index (κ1) is 21.6. The Morgan fingerprint density at radius 3 is 2.36 bits per heavy atom. The molecule has 2 rings (SSSR count). The molecule has 0 bridgehead atoms. The predicted octanol–water partition coefficient (Wildman–Crippen LogP) is 4.14. The van der Waals surface area contributed by atoms with Crippen molar-refractivity contribution in [3.63, 3.8) is 0 Å².